The highest BCUT2D eigenvalue weighted by Crippen LogP contribution is 2.36. The first-order valence-corrected chi connectivity index (χ1v) is 8.05. The highest BCUT2D eigenvalue weighted by Gasteiger charge is 2.36. The van der Waals surface area contributed by atoms with Crippen LogP contribution in [-0.4, -0.2) is 20.5 Å². The van der Waals surface area contributed by atoms with Gasteiger partial charge in [-0.25, -0.2) is 13.1 Å². The number of alkyl halides is 3. The van der Waals surface area contributed by atoms with Gasteiger partial charge in [-0.15, -0.1) is 12.4 Å². The van der Waals surface area contributed by atoms with Crippen LogP contribution in [0.4, 0.5) is 13.2 Å². The lowest BCUT2D eigenvalue weighted by Gasteiger charge is -2.38. The van der Waals surface area contributed by atoms with E-state index in [2.05, 4.69) is 4.72 Å². The molecule has 1 aliphatic rings. The Hall–Kier alpha value is -0.540. The Morgan fingerprint density at radius 1 is 1.32 bits per heavy atom. The molecule has 0 amide bonds. The monoisotopic (exact) mass is 378 g/mol. The van der Waals surface area contributed by atoms with Crippen molar-refractivity contribution in [2.45, 2.75) is 35.9 Å². The molecule has 22 heavy (non-hydrogen) atoms. The Bertz CT molecular complexity index is 646. The molecule has 0 aliphatic heterocycles. The van der Waals surface area contributed by atoms with E-state index in [-0.39, 0.29) is 19.0 Å². The molecule has 126 valence electrons. The van der Waals surface area contributed by atoms with Crippen molar-refractivity contribution in [3.8, 4) is 0 Å². The number of nitrogens with one attached hydrogen (secondary N) is 1. The van der Waals surface area contributed by atoms with Gasteiger partial charge in [0.1, 0.15) is 0 Å². The van der Waals surface area contributed by atoms with Gasteiger partial charge in [-0.3, -0.25) is 0 Å². The van der Waals surface area contributed by atoms with E-state index >= 15 is 0 Å². The van der Waals surface area contributed by atoms with E-state index in [1.54, 1.807) is 0 Å². The summed E-state index contributed by atoms with van der Waals surface area (Å²) in [5.74, 6) is 0. The Kier molecular flexibility index (Phi) is 5.79. The van der Waals surface area contributed by atoms with Gasteiger partial charge in [0.05, 0.1) is 15.5 Å². The minimum absolute atomic E-state index is 0. The first kappa shape index (κ1) is 19.5. The van der Waals surface area contributed by atoms with Gasteiger partial charge in [-0.05, 0) is 37.5 Å². The number of nitrogens with two attached hydrogens (primary N) is 1. The summed E-state index contributed by atoms with van der Waals surface area (Å²) in [5, 5.41) is -0.546. The summed E-state index contributed by atoms with van der Waals surface area (Å²) >= 11 is 5.46. The van der Waals surface area contributed by atoms with E-state index in [0.717, 1.165) is 18.6 Å². The van der Waals surface area contributed by atoms with Crippen LogP contribution in [0.2, 0.25) is 5.02 Å². The van der Waals surface area contributed by atoms with Crippen LogP contribution in [0.25, 0.3) is 0 Å². The molecule has 0 saturated heterocycles. The molecule has 0 heterocycles. The molecular formula is C12H15Cl2F3N2O2S. The summed E-state index contributed by atoms with van der Waals surface area (Å²) in [5.41, 5.74) is 4.10. The smallest absolute Gasteiger partial charge is 0.324 e. The van der Waals surface area contributed by atoms with E-state index in [9.17, 15) is 21.6 Å². The number of hydrogen-bond donors (Lipinski definition) is 2. The van der Waals surface area contributed by atoms with Gasteiger partial charge in [0.2, 0.25) is 10.0 Å². The van der Waals surface area contributed by atoms with Crippen molar-refractivity contribution in [1.82, 2.24) is 4.72 Å². The first-order valence-electron chi connectivity index (χ1n) is 6.19. The van der Waals surface area contributed by atoms with Crippen LogP contribution in [0.15, 0.2) is 23.1 Å². The van der Waals surface area contributed by atoms with Crippen molar-refractivity contribution < 1.29 is 21.6 Å². The zero-order valence-electron chi connectivity index (χ0n) is 11.3. The molecule has 4 nitrogen and oxygen atoms in total. The third-order valence-electron chi connectivity index (χ3n) is 3.52. The zero-order chi connectivity index (χ0) is 15.9. The third-order valence-corrected chi connectivity index (χ3v) is 5.25. The lowest BCUT2D eigenvalue weighted by molar-refractivity contribution is -0.137. The fourth-order valence-corrected chi connectivity index (χ4v) is 3.41. The third kappa shape index (κ3) is 4.26. The Morgan fingerprint density at radius 2 is 1.91 bits per heavy atom. The van der Waals surface area contributed by atoms with E-state index in [0.29, 0.717) is 18.9 Å². The second-order valence-electron chi connectivity index (χ2n) is 5.18. The zero-order valence-corrected chi connectivity index (χ0v) is 13.7. The number of rotatable bonds is 4. The normalized spacial score (nSPS) is 17.5. The molecule has 0 atom stereocenters. The van der Waals surface area contributed by atoms with Gasteiger partial charge >= 0.3 is 6.18 Å². The molecule has 1 saturated carbocycles. The van der Waals surface area contributed by atoms with Crippen molar-refractivity contribution in [2.24, 2.45) is 5.73 Å². The van der Waals surface area contributed by atoms with Crippen LogP contribution in [0, 0.1) is 0 Å². The standard InChI is InChI=1S/C12H14ClF3N2O2S.ClH/c13-10-3-2-8(6-9(10)12(14,15)16)21(19,20)18-7-11(17)4-1-5-11;/h2-3,6,18H,1,4-5,7,17H2;1H. The second kappa shape index (κ2) is 6.52. The summed E-state index contributed by atoms with van der Waals surface area (Å²) in [4.78, 5) is -0.484. The Balaban J connectivity index is 0.00000242. The van der Waals surface area contributed by atoms with Crippen LogP contribution in [-0.2, 0) is 16.2 Å². The van der Waals surface area contributed by atoms with E-state index in [1.807, 2.05) is 0 Å². The quantitative estimate of drug-likeness (QED) is 0.845. The second-order valence-corrected chi connectivity index (χ2v) is 7.35. The van der Waals surface area contributed by atoms with Gasteiger partial charge < -0.3 is 5.73 Å². The van der Waals surface area contributed by atoms with Gasteiger partial charge in [0.25, 0.3) is 0 Å². The van der Waals surface area contributed by atoms with Gasteiger partial charge in [-0.1, -0.05) is 11.6 Å². The molecule has 0 aromatic heterocycles. The van der Waals surface area contributed by atoms with Crippen molar-refractivity contribution in [3.05, 3.63) is 28.8 Å². The van der Waals surface area contributed by atoms with Crippen LogP contribution < -0.4 is 10.5 Å². The maximum atomic E-state index is 12.7. The maximum absolute atomic E-state index is 12.7. The molecule has 1 fully saturated rings. The molecule has 1 aromatic rings. The molecular weight excluding hydrogens is 364 g/mol. The molecule has 0 spiro atoms. The molecule has 3 N–H and O–H groups in total. The first-order chi connectivity index (χ1) is 9.54. The summed E-state index contributed by atoms with van der Waals surface area (Å²) in [6, 6.07) is 2.47. The SMILES string of the molecule is Cl.NC1(CNS(=O)(=O)c2ccc(Cl)c(C(F)(F)F)c2)CCC1. The van der Waals surface area contributed by atoms with Gasteiger partial charge in [-0.2, -0.15) is 13.2 Å². The molecule has 10 heteroatoms. The predicted octanol–water partition coefficient (Wildman–Crippen LogP) is 2.94. The molecule has 0 radical (unpaired) electrons. The van der Waals surface area contributed by atoms with Crippen molar-refractivity contribution in [3.63, 3.8) is 0 Å². The average molecular weight is 379 g/mol. The molecule has 1 aliphatic carbocycles. The van der Waals surface area contributed by atoms with Crippen molar-refractivity contribution in [1.29, 1.82) is 0 Å². The van der Waals surface area contributed by atoms with Crippen molar-refractivity contribution >= 4 is 34.0 Å². The van der Waals surface area contributed by atoms with E-state index in [1.165, 1.54) is 0 Å². The average Bonchev–Trinajstić information content (AvgIpc) is 2.33. The summed E-state index contributed by atoms with van der Waals surface area (Å²) in [6.07, 6.45) is -2.43. The molecule has 1 aromatic carbocycles. The minimum Gasteiger partial charge on any atom is -0.324 e. The predicted molar refractivity (Wildman–Crippen MR) is 79.7 cm³/mol. The van der Waals surface area contributed by atoms with Crippen LogP contribution in [0.5, 0.6) is 0 Å². The van der Waals surface area contributed by atoms with Crippen LogP contribution in [0.1, 0.15) is 24.8 Å². The highest BCUT2D eigenvalue weighted by molar-refractivity contribution is 7.89. The fourth-order valence-electron chi connectivity index (χ4n) is 2.02. The Morgan fingerprint density at radius 3 is 2.36 bits per heavy atom. The fraction of sp³-hybridized carbons (Fsp3) is 0.500. The van der Waals surface area contributed by atoms with E-state index in [4.69, 9.17) is 17.3 Å². The number of hydrogen-bond acceptors (Lipinski definition) is 3. The Labute approximate surface area is 137 Å². The van der Waals surface area contributed by atoms with Gasteiger partial charge in [0, 0.05) is 12.1 Å². The van der Waals surface area contributed by atoms with E-state index < -0.39 is 37.2 Å². The molecule has 0 unspecified atom stereocenters. The lowest BCUT2D eigenvalue weighted by Crippen LogP contribution is -2.54. The number of benzene rings is 1. The lowest BCUT2D eigenvalue weighted by atomic mass is 9.78. The van der Waals surface area contributed by atoms with Crippen LogP contribution in [0.3, 0.4) is 0 Å². The minimum atomic E-state index is -4.72. The maximum Gasteiger partial charge on any atom is 0.417 e. The highest BCUT2D eigenvalue weighted by atomic mass is 35.5. The molecule has 0 bridgehead atoms. The van der Waals surface area contributed by atoms with Crippen LogP contribution >= 0.6 is 24.0 Å². The largest absolute Gasteiger partial charge is 0.417 e. The van der Waals surface area contributed by atoms with Gasteiger partial charge in [0.15, 0.2) is 0 Å². The summed E-state index contributed by atoms with van der Waals surface area (Å²) < 4.78 is 64.5. The topological polar surface area (TPSA) is 72.2 Å². The molecule has 2 rings (SSSR count). The number of halogens is 5. The number of sulfonamides is 1. The summed E-state index contributed by atoms with van der Waals surface area (Å²) in [7, 11) is -4.06. The summed E-state index contributed by atoms with van der Waals surface area (Å²) in [6.45, 7) is -0.000684. The van der Waals surface area contributed by atoms with Crippen molar-refractivity contribution in [2.75, 3.05) is 6.54 Å².